The van der Waals surface area contributed by atoms with E-state index in [0.29, 0.717) is 20.6 Å². The van der Waals surface area contributed by atoms with E-state index in [1.54, 1.807) is 6.07 Å². The SMILES string of the molecule is OCC#Cc1cc(Cl)cc(Cl)c1Cl. The Hall–Kier alpha value is -0.390. The molecule has 68 valence electrons. The summed E-state index contributed by atoms with van der Waals surface area (Å²) in [4.78, 5) is 0. The van der Waals surface area contributed by atoms with Gasteiger partial charge >= 0.3 is 0 Å². The van der Waals surface area contributed by atoms with Gasteiger partial charge in [0.25, 0.3) is 0 Å². The molecule has 1 rings (SSSR count). The first-order chi connectivity index (χ1) is 6.15. The smallest absolute Gasteiger partial charge is 0.104 e. The number of halogens is 3. The summed E-state index contributed by atoms with van der Waals surface area (Å²) < 4.78 is 0. The van der Waals surface area contributed by atoms with E-state index in [1.165, 1.54) is 6.07 Å². The molecule has 0 fully saturated rings. The largest absolute Gasteiger partial charge is 0.384 e. The second kappa shape index (κ2) is 4.74. The second-order valence-corrected chi connectivity index (χ2v) is 3.43. The quantitative estimate of drug-likeness (QED) is 0.541. The van der Waals surface area contributed by atoms with Gasteiger partial charge in [0.2, 0.25) is 0 Å². The first-order valence-electron chi connectivity index (χ1n) is 3.39. The third kappa shape index (κ3) is 2.79. The van der Waals surface area contributed by atoms with Crippen LogP contribution in [-0.2, 0) is 0 Å². The summed E-state index contributed by atoms with van der Waals surface area (Å²) in [6.07, 6.45) is 0. The minimum atomic E-state index is -0.222. The van der Waals surface area contributed by atoms with Gasteiger partial charge in [-0.1, -0.05) is 46.6 Å². The molecule has 0 amide bonds. The highest BCUT2D eigenvalue weighted by Crippen LogP contribution is 2.28. The highest BCUT2D eigenvalue weighted by atomic mass is 35.5. The zero-order valence-corrected chi connectivity index (χ0v) is 8.71. The number of benzene rings is 1. The maximum atomic E-state index is 8.47. The summed E-state index contributed by atoms with van der Waals surface area (Å²) in [7, 11) is 0. The minimum Gasteiger partial charge on any atom is -0.384 e. The number of hydrogen-bond acceptors (Lipinski definition) is 1. The monoisotopic (exact) mass is 234 g/mol. The average Bonchev–Trinajstić information content (AvgIpc) is 2.09. The van der Waals surface area contributed by atoms with Gasteiger partial charge in [-0.3, -0.25) is 0 Å². The molecule has 0 atom stereocenters. The van der Waals surface area contributed by atoms with Crippen molar-refractivity contribution in [3.8, 4) is 11.8 Å². The zero-order chi connectivity index (χ0) is 9.84. The Kier molecular flexibility index (Phi) is 3.90. The molecule has 0 saturated carbocycles. The molecule has 13 heavy (non-hydrogen) atoms. The molecular weight excluding hydrogens is 230 g/mol. The topological polar surface area (TPSA) is 20.2 Å². The molecule has 0 radical (unpaired) electrons. The second-order valence-electron chi connectivity index (χ2n) is 2.21. The fraction of sp³-hybridized carbons (Fsp3) is 0.111. The van der Waals surface area contributed by atoms with Crippen LogP contribution in [0.15, 0.2) is 12.1 Å². The molecule has 0 aliphatic carbocycles. The standard InChI is InChI=1S/C9H5Cl3O/c10-7-4-6(2-1-3-13)9(12)8(11)5-7/h4-5,13H,3H2. The summed E-state index contributed by atoms with van der Waals surface area (Å²) in [6, 6.07) is 3.13. The maximum Gasteiger partial charge on any atom is 0.104 e. The van der Waals surface area contributed by atoms with Gasteiger partial charge < -0.3 is 5.11 Å². The van der Waals surface area contributed by atoms with Crippen LogP contribution in [0.3, 0.4) is 0 Å². The lowest BCUT2D eigenvalue weighted by molar-refractivity contribution is 0.350. The van der Waals surface area contributed by atoms with Gasteiger partial charge in [0, 0.05) is 10.6 Å². The Bertz CT molecular complexity index is 376. The Morgan fingerprint density at radius 1 is 1.23 bits per heavy atom. The van der Waals surface area contributed by atoms with Crippen LogP contribution in [0.25, 0.3) is 0 Å². The number of hydrogen-bond donors (Lipinski definition) is 1. The third-order valence-electron chi connectivity index (χ3n) is 1.30. The van der Waals surface area contributed by atoms with Crippen LogP contribution in [0.2, 0.25) is 15.1 Å². The van der Waals surface area contributed by atoms with Gasteiger partial charge in [0.1, 0.15) is 6.61 Å². The number of aliphatic hydroxyl groups is 1. The molecular formula is C9H5Cl3O. The summed E-state index contributed by atoms with van der Waals surface area (Å²) >= 11 is 17.3. The Morgan fingerprint density at radius 2 is 1.92 bits per heavy atom. The van der Waals surface area contributed by atoms with Crippen LogP contribution in [0.5, 0.6) is 0 Å². The van der Waals surface area contributed by atoms with E-state index >= 15 is 0 Å². The normalized spacial score (nSPS) is 9.23. The molecule has 0 aliphatic rings. The molecule has 1 N–H and O–H groups in total. The van der Waals surface area contributed by atoms with Crippen molar-refractivity contribution in [2.45, 2.75) is 0 Å². The summed E-state index contributed by atoms with van der Waals surface area (Å²) in [5.41, 5.74) is 0.521. The van der Waals surface area contributed by atoms with E-state index in [-0.39, 0.29) is 6.61 Å². The maximum absolute atomic E-state index is 8.47. The highest BCUT2D eigenvalue weighted by Gasteiger charge is 2.04. The van der Waals surface area contributed by atoms with Gasteiger partial charge in [0.15, 0.2) is 0 Å². The molecule has 0 bridgehead atoms. The van der Waals surface area contributed by atoms with Crippen LogP contribution in [0.4, 0.5) is 0 Å². The van der Waals surface area contributed by atoms with Crippen molar-refractivity contribution in [2.75, 3.05) is 6.61 Å². The van der Waals surface area contributed by atoms with E-state index in [0.717, 1.165) is 0 Å². The summed E-state index contributed by atoms with van der Waals surface area (Å²) in [5, 5.41) is 9.66. The average molecular weight is 235 g/mol. The lowest BCUT2D eigenvalue weighted by atomic mass is 10.2. The van der Waals surface area contributed by atoms with Crippen LogP contribution >= 0.6 is 34.8 Å². The fourth-order valence-corrected chi connectivity index (χ4v) is 1.43. The van der Waals surface area contributed by atoms with Crippen LogP contribution in [-0.4, -0.2) is 11.7 Å². The van der Waals surface area contributed by atoms with E-state index in [1.807, 2.05) is 0 Å². The van der Waals surface area contributed by atoms with Gasteiger partial charge in [-0.05, 0) is 12.1 Å². The van der Waals surface area contributed by atoms with Gasteiger partial charge in [-0.15, -0.1) is 0 Å². The van der Waals surface area contributed by atoms with Crippen molar-refractivity contribution in [1.82, 2.24) is 0 Å². The van der Waals surface area contributed by atoms with E-state index < -0.39 is 0 Å². The van der Waals surface area contributed by atoms with E-state index in [4.69, 9.17) is 39.9 Å². The van der Waals surface area contributed by atoms with Crippen LogP contribution in [0, 0.1) is 11.8 Å². The molecule has 0 unspecified atom stereocenters. The van der Waals surface area contributed by atoms with Crippen molar-refractivity contribution in [3.63, 3.8) is 0 Å². The molecule has 1 aromatic rings. The molecule has 0 spiro atoms. The molecule has 0 saturated heterocycles. The molecule has 0 heterocycles. The van der Waals surface area contributed by atoms with Crippen molar-refractivity contribution in [3.05, 3.63) is 32.8 Å². The van der Waals surface area contributed by atoms with Crippen LogP contribution < -0.4 is 0 Å². The predicted octanol–water partition coefficient (Wildman–Crippen LogP) is 2.99. The van der Waals surface area contributed by atoms with Gasteiger partial charge in [-0.2, -0.15) is 0 Å². The molecule has 1 aromatic carbocycles. The molecule has 4 heteroatoms. The lowest BCUT2D eigenvalue weighted by Gasteiger charge is -1.99. The summed E-state index contributed by atoms with van der Waals surface area (Å²) in [6.45, 7) is -0.222. The highest BCUT2D eigenvalue weighted by molar-refractivity contribution is 6.43. The number of rotatable bonds is 0. The number of aliphatic hydroxyl groups excluding tert-OH is 1. The molecule has 0 aromatic heterocycles. The van der Waals surface area contributed by atoms with Crippen molar-refractivity contribution >= 4 is 34.8 Å². The Labute approximate surface area is 91.2 Å². The third-order valence-corrected chi connectivity index (χ3v) is 2.32. The zero-order valence-electron chi connectivity index (χ0n) is 6.44. The fourth-order valence-electron chi connectivity index (χ4n) is 0.782. The minimum absolute atomic E-state index is 0.222. The lowest BCUT2D eigenvalue weighted by Crippen LogP contribution is -1.80. The van der Waals surface area contributed by atoms with E-state index in [9.17, 15) is 0 Å². The van der Waals surface area contributed by atoms with Crippen molar-refractivity contribution in [1.29, 1.82) is 0 Å². The van der Waals surface area contributed by atoms with Gasteiger partial charge in [-0.25, -0.2) is 0 Å². The molecule has 0 aliphatic heterocycles. The summed E-state index contributed by atoms with van der Waals surface area (Å²) in [5.74, 6) is 5.11. The van der Waals surface area contributed by atoms with Crippen LogP contribution in [0.1, 0.15) is 5.56 Å². The van der Waals surface area contributed by atoms with Crippen molar-refractivity contribution in [2.24, 2.45) is 0 Å². The van der Waals surface area contributed by atoms with E-state index in [2.05, 4.69) is 11.8 Å². The predicted molar refractivity (Wildman–Crippen MR) is 55.4 cm³/mol. The van der Waals surface area contributed by atoms with Gasteiger partial charge in [0.05, 0.1) is 10.0 Å². The first kappa shape index (κ1) is 10.7. The first-order valence-corrected chi connectivity index (χ1v) is 4.53. The Morgan fingerprint density at radius 3 is 2.54 bits per heavy atom. The molecule has 1 nitrogen and oxygen atoms in total. The van der Waals surface area contributed by atoms with Crippen molar-refractivity contribution < 1.29 is 5.11 Å². The Balaban J connectivity index is 3.20.